The molecule has 148 valence electrons. The van der Waals surface area contributed by atoms with Gasteiger partial charge < -0.3 is 9.88 Å². The number of anilines is 1. The maximum absolute atomic E-state index is 12.7. The van der Waals surface area contributed by atoms with Gasteiger partial charge in [0.15, 0.2) is 5.78 Å². The highest BCUT2D eigenvalue weighted by molar-refractivity contribution is 6.05. The summed E-state index contributed by atoms with van der Waals surface area (Å²) in [6, 6.07) is 23.6. The summed E-state index contributed by atoms with van der Waals surface area (Å²) in [6.07, 6.45) is 1.56. The molecule has 0 spiro atoms. The van der Waals surface area contributed by atoms with Gasteiger partial charge in [-0.25, -0.2) is 0 Å². The topological polar surface area (TPSA) is 68.2 Å². The van der Waals surface area contributed by atoms with Gasteiger partial charge in [0.25, 0.3) is 11.5 Å². The number of aromatic nitrogens is 1. The molecule has 5 nitrogen and oxygen atoms in total. The number of nitrogens with one attached hydrogen (secondary N) is 1. The number of ketones is 1. The molecule has 1 heterocycles. The quantitative estimate of drug-likeness (QED) is 0.505. The smallest absolute Gasteiger partial charge is 0.257 e. The van der Waals surface area contributed by atoms with Gasteiger partial charge >= 0.3 is 0 Å². The van der Waals surface area contributed by atoms with E-state index >= 15 is 0 Å². The Bertz CT molecular complexity index is 1320. The number of carbonyl (C=O) groups is 2. The molecule has 3 aromatic carbocycles. The molecule has 0 aliphatic carbocycles. The first kappa shape index (κ1) is 19.3. The molecule has 0 saturated carbocycles. The number of carbonyl (C=O) groups excluding carboxylic acids is 2. The highest BCUT2D eigenvalue weighted by atomic mass is 16.2. The summed E-state index contributed by atoms with van der Waals surface area (Å²) >= 11 is 0. The molecule has 5 heteroatoms. The van der Waals surface area contributed by atoms with Gasteiger partial charge in [0.05, 0.1) is 12.1 Å². The summed E-state index contributed by atoms with van der Waals surface area (Å²) in [4.78, 5) is 36.7. The lowest BCUT2D eigenvalue weighted by Gasteiger charge is -2.11. The lowest BCUT2D eigenvalue weighted by Crippen LogP contribution is -2.22. The molecule has 1 aromatic heterocycles. The summed E-state index contributed by atoms with van der Waals surface area (Å²) in [5.74, 6) is -0.419. The molecule has 0 radical (unpaired) electrons. The molecule has 0 bridgehead atoms. The maximum atomic E-state index is 12.7. The Labute approximate surface area is 173 Å². The third-order valence-corrected chi connectivity index (χ3v) is 4.99. The molecule has 0 saturated heterocycles. The van der Waals surface area contributed by atoms with E-state index in [2.05, 4.69) is 5.32 Å². The standard InChI is InChI=1S/C25H20N2O3/c1-17(28)19-8-5-10-22(14-19)26-25(30)21-12-13-24(29)27(16-21)15-20-9-4-7-18-6-2-3-11-23(18)20/h2-14,16H,15H2,1H3,(H,26,30). The van der Waals surface area contributed by atoms with E-state index in [0.29, 0.717) is 23.4 Å². The zero-order valence-corrected chi connectivity index (χ0v) is 16.5. The van der Waals surface area contributed by atoms with E-state index in [1.807, 2.05) is 42.5 Å². The third-order valence-electron chi connectivity index (χ3n) is 4.99. The van der Waals surface area contributed by atoms with E-state index in [4.69, 9.17) is 0 Å². The van der Waals surface area contributed by atoms with Crippen molar-refractivity contribution in [1.29, 1.82) is 0 Å². The zero-order valence-electron chi connectivity index (χ0n) is 16.5. The first-order valence-electron chi connectivity index (χ1n) is 9.61. The number of hydrogen-bond donors (Lipinski definition) is 1. The minimum absolute atomic E-state index is 0.0743. The number of hydrogen-bond acceptors (Lipinski definition) is 3. The van der Waals surface area contributed by atoms with Crippen LogP contribution in [-0.2, 0) is 6.54 Å². The van der Waals surface area contributed by atoms with Crippen molar-refractivity contribution in [2.45, 2.75) is 13.5 Å². The lowest BCUT2D eigenvalue weighted by atomic mass is 10.0. The van der Waals surface area contributed by atoms with E-state index in [9.17, 15) is 14.4 Å². The molecule has 0 atom stereocenters. The molecule has 4 aromatic rings. The fourth-order valence-corrected chi connectivity index (χ4v) is 3.42. The van der Waals surface area contributed by atoms with Crippen LogP contribution in [0.1, 0.15) is 33.2 Å². The average molecular weight is 396 g/mol. The molecular weight excluding hydrogens is 376 g/mol. The van der Waals surface area contributed by atoms with Crippen molar-refractivity contribution >= 4 is 28.2 Å². The SMILES string of the molecule is CC(=O)c1cccc(NC(=O)c2ccc(=O)n(Cc3cccc4ccccc34)c2)c1. The van der Waals surface area contributed by atoms with Crippen LogP contribution in [0.25, 0.3) is 10.8 Å². The van der Waals surface area contributed by atoms with E-state index in [1.165, 1.54) is 23.6 Å². The fraction of sp³-hybridized carbons (Fsp3) is 0.0800. The average Bonchev–Trinajstić information content (AvgIpc) is 2.75. The van der Waals surface area contributed by atoms with Crippen LogP contribution >= 0.6 is 0 Å². The Morgan fingerprint density at radius 3 is 2.47 bits per heavy atom. The molecule has 0 fully saturated rings. The van der Waals surface area contributed by atoms with Crippen LogP contribution in [0.4, 0.5) is 5.69 Å². The Morgan fingerprint density at radius 1 is 0.867 bits per heavy atom. The number of nitrogens with zero attached hydrogens (tertiary/aromatic N) is 1. The Kier molecular flexibility index (Phi) is 5.26. The molecule has 4 rings (SSSR count). The Balaban J connectivity index is 1.61. The third kappa shape index (κ3) is 4.05. The molecular formula is C25H20N2O3. The second kappa shape index (κ2) is 8.17. The van der Waals surface area contributed by atoms with Crippen LogP contribution in [0.3, 0.4) is 0 Å². The van der Waals surface area contributed by atoms with E-state index in [1.54, 1.807) is 30.5 Å². The van der Waals surface area contributed by atoms with Crippen LogP contribution in [-0.4, -0.2) is 16.3 Å². The molecule has 0 aliphatic heterocycles. The first-order valence-corrected chi connectivity index (χ1v) is 9.61. The van der Waals surface area contributed by atoms with E-state index in [-0.39, 0.29) is 17.2 Å². The number of Topliss-reactive ketones (excluding diaryl/α,β-unsaturated/α-hetero) is 1. The summed E-state index contributed by atoms with van der Waals surface area (Å²) in [7, 11) is 0. The van der Waals surface area contributed by atoms with E-state index in [0.717, 1.165) is 16.3 Å². The highest BCUT2D eigenvalue weighted by Crippen LogP contribution is 2.19. The molecule has 0 unspecified atom stereocenters. The Morgan fingerprint density at radius 2 is 1.63 bits per heavy atom. The molecule has 1 amide bonds. The van der Waals surface area contributed by atoms with Gasteiger partial charge in [0.1, 0.15) is 0 Å². The summed E-state index contributed by atoms with van der Waals surface area (Å²) in [5.41, 5.74) is 2.23. The maximum Gasteiger partial charge on any atom is 0.257 e. The van der Waals surface area contributed by atoms with Gasteiger partial charge in [-0.05, 0) is 41.5 Å². The van der Waals surface area contributed by atoms with Gasteiger partial charge in [-0.2, -0.15) is 0 Å². The summed E-state index contributed by atoms with van der Waals surface area (Å²) in [6.45, 7) is 1.84. The van der Waals surface area contributed by atoms with Crippen LogP contribution in [0.2, 0.25) is 0 Å². The number of fused-ring (bicyclic) bond motifs is 1. The summed E-state index contributed by atoms with van der Waals surface area (Å²) in [5, 5.41) is 4.96. The normalized spacial score (nSPS) is 10.7. The van der Waals surface area contributed by atoms with Crippen molar-refractivity contribution in [2.75, 3.05) is 5.32 Å². The predicted octanol–water partition coefficient (Wildman–Crippen LogP) is 4.50. The number of pyridine rings is 1. The minimum atomic E-state index is -0.345. The van der Waals surface area contributed by atoms with Gasteiger partial charge in [0, 0.05) is 23.5 Å². The van der Waals surface area contributed by atoms with E-state index < -0.39 is 0 Å². The minimum Gasteiger partial charge on any atom is -0.322 e. The van der Waals surface area contributed by atoms with Crippen molar-refractivity contribution in [2.24, 2.45) is 0 Å². The Hall–Kier alpha value is -3.99. The second-order valence-corrected chi connectivity index (χ2v) is 7.11. The molecule has 30 heavy (non-hydrogen) atoms. The van der Waals surface area contributed by atoms with Gasteiger partial charge in [-0.15, -0.1) is 0 Å². The van der Waals surface area contributed by atoms with Crippen LogP contribution in [0.5, 0.6) is 0 Å². The van der Waals surface area contributed by atoms with Crippen LogP contribution in [0.15, 0.2) is 89.9 Å². The highest BCUT2D eigenvalue weighted by Gasteiger charge is 2.10. The number of benzene rings is 3. The molecule has 1 N–H and O–H groups in total. The van der Waals surface area contributed by atoms with Gasteiger partial charge in [-0.3, -0.25) is 14.4 Å². The van der Waals surface area contributed by atoms with Crippen molar-refractivity contribution in [1.82, 2.24) is 4.57 Å². The van der Waals surface area contributed by atoms with Crippen molar-refractivity contribution in [3.8, 4) is 0 Å². The van der Waals surface area contributed by atoms with Gasteiger partial charge in [0.2, 0.25) is 0 Å². The van der Waals surface area contributed by atoms with Crippen LogP contribution < -0.4 is 10.9 Å². The number of rotatable bonds is 5. The van der Waals surface area contributed by atoms with Gasteiger partial charge in [-0.1, -0.05) is 54.6 Å². The largest absolute Gasteiger partial charge is 0.322 e. The molecule has 0 aliphatic rings. The van der Waals surface area contributed by atoms with Crippen molar-refractivity contribution < 1.29 is 9.59 Å². The predicted molar refractivity (Wildman–Crippen MR) is 118 cm³/mol. The first-order chi connectivity index (χ1) is 14.5. The van der Waals surface area contributed by atoms with Crippen LogP contribution in [0, 0.1) is 0 Å². The zero-order chi connectivity index (χ0) is 21.1. The monoisotopic (exact) mass is 396 g/mol. The van der Waals surface area contributed by atoms with Crippen molar-refractivity contribution in [3.05, 3.63) is 112 Å². The fourth-order valence-electron chi connectivity index (χ4n) is 3.42. The summed E-state index contributed by atoms with van der Waals surface area (Å²) < 4.78 is 1.53. The van der Waals surface area contributed by atoms with Crippen molar-refractivity contribution in [3.63, 3.8) is 0 Å². The second-order valence-electron chi connectivity index (χ2n) is 7.11. The number of amides is 1. The lowest BCUT2D eigenvalue weighted by molar-refractivity contribution is 0.101.